The normalized spacial score (nSPS) is 22.3. The van der Waals surface area contributed by atoms with Crippen LogP contribution in [0, 0.1) is 12.8 Å². The number of amides is 1. The first-order valence-corrected chi connectivity index (χ1v) is 9.43. The molecule has 1 saturated heterocycles. The first kappa shape index (κ1) is 23.2. The smallest absolute Gasteiger partial charge is 0.270 e. The SMILES string of the molecule is C#C.CN=C/C(=C\CNC(=O)c1ccc(Cl)cn1)C1(C)CC(C)(C)SN1N. The van der Waals surface area contributed by atoms with Crippen LogP contribution in [0.1, 0.15) is 37.7 Å². The molecule has 1 aromatic heterocycles. The Balaban J connectivity index is 0.00000176. The van der Waals surface area contributed by atoms with Gasteiger partial charge in [-0.15, -0.1) is 12.8 Å². The van der Waals surface area contributed by atoms with Gasteiger partial charge >= 0.3 is 0 Å². The number of hydrogen-bond acceptors (Lipinski definition) is 6. The minimum atomic E-state index is -0.350. The van der Waals surface area contributed by atoms with Crippen LogP contribution < -0.4 is 11.2 Å². The van der Waals surface area contributed by atoms with Crippen LogP contribution >= 0.6 is 23.5 Å². The van der Waals surface area contributed by atoms with Gasteiger partial charge in [-0.25, -0.2) is 4.98 Å². The van der Waals surface area contributed by atoms with Crippen LogP contribution in [0.2, 0.25) is 5.02 Å². The van der Waals surface area contributed by atoms with E-state index < -0.39 is 0 Å². The Labute approximate surface area is 170 Å². The number of carbonyl (C=O) groups is 1. The molecular formula is C19H26ClN5OS. The number of nitrogens with two attached hydrogens (primary N) is 1. The zero-order valence-electron chi connectivity index (χ0n) is 16.1. The van der Waals surface area contributed by atoms with Gasteiger partial charge in [-0.2, -0.15) is 4.41 Å². The zero-order valence-corrected chi connectivity index (χ0v) is 17.6. The first-order chi connectivity index (χ1) is 12.7. The number of pyridine rings is 1. The van der Waals surface area contributed by atoms with E-state index in [1.165, 1.54) is 6.20 Å². The van der Waals surface area contributed by atoms with Gasteiger partial charge in [-0.3, -0.25) is 15.6 Å². The fourth-order valence-electron chi connectivity index (χ4n) is 2.94. The minimum Gasteiger partial charge on any atom is -0.347 e. The molecule has 1 aliphatic heterocycles. The molecule has 0 aliphatic carbocycles. The second-order valence-electron chi connectivity index (χ2n) is 6.75. The van der Waals surface area contributed by atoms with Gasteiger partial charge in [0.05, 0.1) is 10.6 Å². The molecule has 0 saturated carbocycles. The standard InChI is InChI=1S/C17H24ClN5OS.C2H2/c1-16(2)11-17(3,23(19)25-16)12(9-20-4)7-8-21-15(24)14-6-5-13(18)10-22-14;1-2/h5-7,9-10H,8,11,19H2,1-4H3,(H,21,24);1-2H/b12-7+,20-9?;. The van der Waals surface area contributed by atoms with E-state index in [0.717, 1.165) is 12.0 Å². The predicted octanol–water partition coefficient (Wildman–Crippen LogP) is 3.11. The van der Waals surface area contributed by atoms with Crippen molar-refractivity contribution in [3.63, 3.8) is 0 Å². The Kier molecular flexibility index (Phi) is 8.51. The van der Waals surface area contributed by atoms with Crippen LogP contribution in [0.15, 0.2) is 35.0 Å². The quantitative estimate of drug-likeness (QED) is 0.339. The number of carbonyl (C=O) groups excluding carboxylic acids is 1. The maximum Gasteiger partial charge on any atom is 0.270 e. The highest BCUT2D eigenvalue weighted by Crippen LogP contribution is 2.49. The fourth-order valence-corrected chi connectivity index (χ4v) is 4.30. The van der Waals surface area contributed by atoms with Crippen LogP contribution in [0.5, 0.6) is 0 Å². The van der Waals surface area contributed by atoms with E-state index >= 15 is 0 Å². The maximum atomic E-state index is 12.1. The average molecular weight is 408 g/mol. The van der Waals surface area contributed by atoms with E-state index in [4.69, 9.17) is 17.4 Å². The molecule has 2 rings (SSSR count). The Morgan fingerprint density at radius 1 is 1.48 bits per heavy atom. The van der Waals surface area contributed by atoms with Crippen LogP contribution in [0.3, 0.4) is 0 Å². The molecule has 1 unspecified atom stereocenters. The van der Waals surface area contributed by atoms with E-state index in [-0.39, 0.29) is 16.2 Å². The summed E-state index contributed by atoms with van der Waals surface area (Å²) in [7, 11) is 1.72. The van der Waals surface area contributed by atoms with Crippen molar-refractivity contribution in [3.05, 3.63) is 40.7 Å². The molecule has 1 amide bonds. The summed E-state index contributed by atoms with van der Waals surface area (Å²) >= 11 is 7.41. The number of hydrogen-bond donors (Lipinski definition) is 2. The summed E-state index contributed by atoms with van der Waals surface area (Å²) in [5.74, 6) is 5.99. The van der Waals surface area contributed by atoms with E-state index in [1.807, 2.05) is 6.08 Å². The highest BCUT2D eigenvalue weighted by molar-refractivity contribution is 7.98. The van der Waals surface area contributed by atoms with Crippen molar-refractivity contribution >= 4 is 35.7 Å². The highest BCUT2D eigenvalue weighted by Gasteiger charge is 2.47. The highest BCUT2D eigenvalue weighted by atomic mass is 35.5. The molecule has 6 nitrogen and oxygen atoms in total. The molecule has 0 spiro atoms. The monoisotopic (exact) mass is 407 g/mol. The number of halogens is 1. The van der Waals surface area contributed by atoms with Crippen LogP contribution in [0.25, 0.3) is 0 Å². The van der Waals surface area contributed by atoms with Gasteiger partial charge in [-0.1, -0.05) is 29.6 Å². The van der Waals surface area contributed by atoms with Crippen molar-refractivity contribution < 1.29 is 4.79 Å². The Morgan fingerprint density at radius 2 is 2.15 bits per heavy atom. The van der Waals surface area contributed by atoms with Crippen molar-refractivity contribution in [2.75, 3.05) is 13.6 Å². The van der Waals surface area contributed by atoms with Gasteiger partial charge in [0.1, 0.15) is 5.69 Å². The molecule has 0 aromatic carbocycles. The number of nitrogens with one attached hydrogen (secondary N) is 1. The van der Waals surface area contributed by atoms with Crippen LogP contribution in [-0.4, -0.2) is 45.4 Å². The van der Waals surface area contributed by atoms with Gasteiger partial charge < -0.3 is 5.32 Å². The number of hydrazine groups is 1. The van der Waals surface area contributed by atoms with E-state index in [0.29, 0.717) is 17.3 Å². The molecule has 2 heterocycles. The van der Waals surface area contributed by atoms with E-state index in [1.54, 1.807) is 41.8 Å². The summed E-state index contributed by atoms with van der Waals surface area (Å²) < 4.78 is 1.82. The third-order valence-corrected chi connectivity index (χ3v) is 5.50. The molecule has 146 valence electrons. The van der Waals surface area contributed by atoms with E-state index in [9.17, 15) is 4.79 Å². The lowest BCUT2D eigenvalue weighted by Crippen LogP contribution is -2.45. The molecule has 1 aromatic rings. The number of aromatic nitrogens is 1. The second kappa shape index (κ2) is 9.90. The van der Waals surface area contributed by atoms with Crippen molar-refractivity contribution in [3.8, 4) is 12.8 Å². The molecular weight excluding hydrogens is 382 g/mol. The molecule has 1 atom stereocenters. The van der Waals surface area contributed by atoms with Crippen molar-refractivity contribution in [1.82, 2.24) is 14.7 Å². The summed E-state index contributed by atoms with van der Waals surface area (Å²) in [6, 6.07) is 3.23. The third kappa shape index (κ3) is 6.08. The summed E-state index contributed by atoms with van der Waals surface area (Å²) in [5, 5.41) is 3.33. The number of aliphatic imine (C=N–C) groups is 1. The van der Waals surface area contributed by atoms with Crippen LogP contribution in [0.4, 0.5) is 0 Å². The largest absolute Gasteiger partial charge is 0.347 e. The van der Waals surface area contributed by atoms with Gasteiger partial charge in [0.2, 0.25) is 0 Å². The van der Waals surface area contributed by atoms with Gasteiger partial charge in [0.25, 0.3) is 5.91 Å². The Hall–Kier alpha value is -1.85. The molecule has 27 heavy (non-hydrogen) atoms. The van der Waals surface area contributed by atoms with Crippen molar-refractivity contribution in [1.29, 1.82) is 0 Å². The lowest BCUT2D eigenvalue weighted by atomic mass is 9.84. The summed E-state index contributed by atoms with van der Waals surface area (Å²) in [4.78, 5) is 20.3. The lowest BCUT2D eigenvalue weighted by Gasteiger charge is -2.31. The summed E-state index contributed by atoms with van der Waals surface area (Å²) in [6.07, 6.45) is 14.1. The second-order valence-corrected chi connectivity index (χ2v) is 8.86. The number of nitrogens with zero attached hydrogens (tertiary/aromatic N) is 3. The third-order valence-electron chi connectivity index (χ3n) is 4.04. The maximum absolute atomic E-state index is 12.1. The molecule has 8 heteroatoms. The van der Waals surface area contributed by atoms with Gasteiger partial charge in [-0.05, 0) is 44.9 Å². The first-order valence-electron chi connectivity index (χ1n) is 8.28. The molecule has 0 radical (unpaired) electrons. The molecule has 0 bridgehead atoms. The van der Waals surface area contributed by atoms with Gasteiger partial charge in [0.15, 0.2) is 0 Å². The van der Waals surface area contributed by atoms with Crippen molar-refractivity contribution in [2.45, 2.75) is 37.5 Å². The summed E-state index contributed by atoms with van der Waals surface area (Å²) in [5.41, 5.74) is 0.948. The minimum absolute atomic E-state index is 0.0423. The Morgan fingerprint density at radius 3 is 2.63 bits per heavy atom. The summed E-state index contributed by atoms with van der Waals surface area (Å²) in [6.45, 7) is 6.78. The lowest BCUT2D eigenvalue weighted by molar-refractivity contribution is 0.0953. The predicted molar refractivity (Wildman–Crippen MR) is 115 cm³/mol. The Bertz CT molecular complexity index is 729. The average Bonchev–Trinajstić information content (AvgIpc) is 2.84. The van der Waals surface area contributed by atoms with E-state index in [2.05, 4.69) is 48.9 Å². The number of rotatable bonds is 5. The fraction of sp³-hybridized carbons (Fsp3) is 0.421. The van der Waals surface area contributed by atoms with Crippen LogP contribution in [-0.2, 0) is 0 Å². The van der Waals surface area contributed by atoms with Gasteiger partial charge in [0, 0.05) is 30.8 Å². The van der Waals surface area contributed by atoms with Crippen molar-refractivity contribution in [2.24, 2.45) is 10.8 Å². The zero-order chi connectivity index (χ0) is 20.7. The molecule has 1 fully saturated rings. The molecule has 3 N–H and O–H groups in total. The molecule has 1 aliphatic rings. The topological polar surface area (TPSA) is 83.6 Å². The number of terminal acetylenes is 1.